The van der Waals surface area contributed by atoms with Gasteiger partial charge in [0.1, 0.15) is 10.5 Å². The zero-order chi connectivity index (χ0) is 17.9. The molecule has 1 aromatic heterocycles. The van der Waals surface area contributed by atoms with Gasteiger partial charge in [0.25, 0.3) is 10.0 Å². The molecule has 2 aromatic rings. The minimum atomic E-state index is -3.92. The van der Waals surface area contributed by atoms with Crippen molar-refractivity contribution in [1.82, 2.24) is 4.98 Å². The predicted octanol–water partition coefficient (Wildman–Crippen LogP) is 2.68. The van der Waals surface area contributed by atoms with Crippen LogP contribution >= 0.6 is 0 Å². The molecule has 128 valence electrons. The minimum Gasteiger partial charge on any atom is -0.488 e. The molecular formula is C16H18N2O5S. The standard InChI is InChI=1S/C16H18N2O5S/c1-10(2)23-15-13(16(19)20)5-4-6-14(15)18-24(21,22)12-8-7-11(3)17-9-12/h4-10,18H,1-3H3,(H,19,20). The second-order valence-corrected chi connectivity index (χ2v) is 7.08. The van der Waals surface area contributed by atoms with Gasteiger partial charge in [-0.15, -0.1) is 0 Å². The Bertz CT molecular complexity index is 845. The molecular weight excluding hydrogens is 332 g/mol. The molecule has 0 spiro atoms. The summed E-state index contributed by atoms with van der Waals surface area (Å²) in [4.78, 5) is 15.3. The highest BCUT2D eigenvalue weighted by Crippen LogP contribution is 2.32. The topological polar surface area (TPSA) is 106 Å². The van der Waals surface area contributed by atoms with Crippen LogP contribution in [0.3, 0.4) is 0 Å². The summed E-state index contributed by atoms with van der Waals surface area (Å²) in [6, 6.07) is 7.25. The van der Waals surface area contributed by atoms with E-state index in [2.05, 4.69) is 9.71 Å². The summed E-state index contributed by atoms with van der Waals surface area (Å²) in [5.74, 6) is -1.23. The molecule has 24 heavy (non-hydrogen) atoms. The molecule has 0 aliphatic rings. The number of benzene rings is 1. The lowest BCUT2D eigenvalue weighted by Crippen LogP contribution is -2.17. The third-order valence-corrected chi connectivity index (χ3v) is 4.39. The van der Waals surface area contributed by atoms with Gasteiger partial charge in [0.2, 0.25) is 0 Å². The fourth-order valence-electron chi connectivity index (χ4n) is 1.97. The van der Waals surface area contributed by atoms with Gasteiger partial charge in [0.05, 0.1) is 11.8 Å². The molecule has 7 nitrogen and oxygen atoms in total. The molecule has 1 aromatic carbocycles. The first kappa shape index (κ1) is 17.7. The summed E-state index contributed by atoms with van der Waals surface area (Å²) in [5.41, 5.74) is 0.626. The van der Waals surface area contributed by atoms with E-state index < -0.39 is 16.0 Å². The highest BCUT2D eigenvalue weighted by Gasteiger charge is 2.21. The SMILES string of the molecule is Cc1ccc(S(=O)(=O)Nc2cccc(C(=O)O)c2OC(C)C)cn1. The molecule has 1 heterocycles. The van der Waals surface area contributed by atoms with Crippen molar-refractivity contribution in [3.05, 3.63) is 47.8 Å². The van der Waals surface area contributed by atoms with Crippen LogP contribution in [0.1, 0.15) is 29.9 Å². The molecule has 0 aliphatic heterocycles. The van der Waals surface area contributed by atoms with Crippen LogP contribution in [0.5, 0.6) is 5.75 Å². The monoisotopic (exact) mass is 350 g/mol. The van der Waals surface area contributed by atoms with Crippen molar-refractivity contribution in [2.45, 2.75) is 31.8 Å². The van der Waals surface area contributed by atoms with Crippen LogP contribution in [0.25, 0.3) is 0 Å². The number of carboxylic acids is 1. The summed E-state index contributed by atoms with van der Waals surface area (Å²) >= 11 is 0. The van der Waals surface area contributed by atoms with Gasteiger partial charge in [-0.25, -0.2) is 13.2 Å². The van der Waals surface area contributed by atoms with Crippen LogP contribution in [0.2, 0.25) is 0 Å². The summed E-state index contributed by atoms with van der Waals surface area (Å²) in [6.45, 7) is 5.19. The van der Waals surface area contributed by atoms with Crippen molar-refractivity contribution in [2.75, 3.05) is 4.72 Å². The average molecular weight is 350 g/mol. The molecule has 0 saturated carbocycles. The normalized spacial score (nSPS) is 11.3. The first-order valence-electron chi connectivity index (χ1n) is 7.19. The molecule has 2 N–H and O–H groups in total. The number of pyridine rings is 1. The number of nitrogens with zero attached hydrogens (tertiary/aromatic N) is 1. The van der Waals surface area contributed by atoms with Gasteiger partial charge in [-0.1, -0.05) is 6.07 Å². The molecule has 0 bridgehead atoms. The number of para-hydroxylation sites is 1. The van der Waals surface area contributed by atoms with E-state index in [0.717, 1.165) is 0 Å². The Hall–Kier alpha value is -2.61. The molecule has 0 fully saturated rings. The van der Waals surface area contributed by atoms with E-state index in [1.807, 2.05) is 0 Å². The highest BCUT2D eigenvalue weighted by atomic mass is 32.2. The molecule has 0 aliphatic carbocycles. The predicted molar refractivity (Wildman–Crippen MR) is 88.9 cm³/mol. The van der Waals surface area contributed by atoms with Crippen LogP contribution in [0, 0.1) is 6.92 Å². The van der Waals surface area contributed by atoms with E-state index in [9.17, 15) is 18.3 Å². The Labute approximate surface area is 140 Å². The molecule has 2 rings (SSSR count). The van der Waals surface area contributed by atoms with E-state index in [4.69, 9.17) is 4.74 Å². The van der Waals surface area contributed by atoms with Crippen LogP contribution < -0.4 is 9.46 Å². The fraction of sp³-hybridized carbons (Fsp3) is 0.250. The zero-order valence-corrected chi connectivity index (χ0v) is 14.3. The Morgan fingerprint density at radius 2 is 1.96 bits per heavy atom. The van der Waals surface area contributed by atoms with Crippen molar-refractivity contribution in [2.24, 2.45) is 0 Å². The smallest absolute Gasteiger partial charge is 0.339 e. The van der Waals surface area contributed by atoms with Gasteiger partial charge < -0.3 is 9.84 Å². The van der Waals surface area contributed by atoms with Crippen molar-refractivity contribution in [3.8, 4) is 5.75 Å². The van der Waals surface area contributed by atoms with Gasteiger partial charge in [0, 0.05) is 11.9 Å². The second kappa shape index (κ2) is 6.88. The maximum atomic E-state index is 12.5. The molecule has 0 amide bonds. The van der Waals surface area contributed by atoms with E-state index in [-0.39, 0.29) is 28.0 Å². The highest BCUT2D eigenvalue weighted by molar-refractivity contribution is 7.92. The number of ether oxygens (including phenoxy) is 1. The first-order valence-corrected chi connectivity index (χ1v) is 8.67. The van der Waals surface area contributed by atoms with E-state index in [1.54, 1.807) is 26.8 Å². The maximum Gasteiger partial charge on any atom is 0.339 e. The molecule has 0 unspecified atom stereocenters. The molecule has 8 heteroatoms. The number of sulfonamides is 1. The quantitative estimate of drug-likeness (QED) is 0.830. The summed E-state index contributed by atoms with van der Waals surface area (Å²) < 4.78 is 32.8. The Morgan fingerprint density at radius 1 is 1.25 bits per heavy atom. The fourth-order valence-corrected chi connectivity index (χ4v) is 2.97. The third-order valence-electron chi connectivity index (χ3n) is 3.04. The summed E-state index contributed by atoms with van der Waals surface area (Å²) in [6.07, 6.45) is 0.914. The van der Waals surface area contributed by atoms with E-state index >= 15 is 0 Å². The lowest BCUT2D eigenvalue weighted by Gasteiger charge is -2.17. The average Bonchev–Trinajstić information content (AvgIpc) is 2.48. The van der Waals surface area contributed by atoms with Crippen molar-refractivity contribution < 1.29 is 23.1 Å². The maximum absolute atomic E-state index is 12.5. The van der Waals surface area contributed by atoms with Gasteiger partial charge >= 0.3 is 5.97 Å². The number of aromatic nitrogens is 1. The molecule has 0 radical (unpaired) electrons. The van der Waals surface area contributed by atoms with Crippen molar-refractivity contribution in [1.29, 1.82) is 0 Å². The van der Waals surface area contributed by atoms with Gasteiger partial charge in [-0.05, 0) is 45.0 Å². The number of carbonyl (C=O) groups is 1. The number of aryl methyl sites for hydroxylation is 1. The molecule has 0 atom stereocenters. The number of aromatic carboxylic acids is 1. The number of rotatable bonds is 6. The number of hydrogen-bond donors (Lipinski definition) is 2. The second-order valence-electron chi connectivity index (χ2n) is 5.39. The number of anilines is 1. The number of hydrogen-bond acceptors (Lipinski definition) is 5. The summed E-state index contributed by atoms with van der Waals surface area (Å²) in [5, 5.41) is 9.28. The first-order chi connectivity index (χ1) is 11.2. The number of carboxylic acid groups (broad SMARTS) is 1. The third kappa shape index (κ3) is 4.02. The number of nitrogens with one attached hydrogen (secondary N) is 1. The zero-order valence-electron chi connectivity index (χ0n) is 13.5. The minimum absolute atomic E-state index is 0.0238. The van der Waals surface area contributed by atoms with Crippen LogP contribution in [0.4, 0.5) is 5.69 Å². The van der Waals surface area contributed by atoms with Gasteiger partial charge in [-0.3, -0.25) is 9.71 Å². The van der Waals surface area contributed by atoms with Crippen LogP contribution in [0.15, 0.2) is 41.4 Å². The Kier molecular flexibility index (Phi) is 5.08. The Morgan fingerprint density at radius 3 is 2.50 bits per heavy atom. The largest absolute Gasteiger partial charge is 0.488 e. The van der Waals surface area contributed by atoms with Crippen LogP contribution in [-0.2, 0) is 10.0 Å². The van der Waals surface area contributed by atoms with Gasteiger partial charge in [-0.2, -0.15) is 0 Å². The van der Waals surface area contributed by atoms with Gasteiger partial charge in [0.15, 0.2) is 5.75 Å². The van der Waals surface area contributed by atoms with E-state index in [1.165, 1.54) is 30.5 Å². The lowest BCUT2D eigenvalue weighted by molar-refractivity contribution is 0.0690. The van der Waals surface area contributed by atoms with Crippen molar-refractivity contribution in [3.63, 3.8) is 0 Å². The molecule has 0 saturated heterocycles. The van der Waals surface area contributed by atoms with Crippen LogP contribution in [-0.4, -0.2) is 30.6 Å². The van der Waals surface area contributed by atoms with E-state index in [0.29, 0.717) is 5.69 Å². The van der Waals surface area contributed by atoms with Crippen molar-refractivity contribution >= 4 is 21.7 Å². The summed E-state index contributed by atoms with van der Waals surface area (Å²) in [7, 11) is -3.92. The lowest BCUT2D eigenvalue weighted by atomic mass is 10.1. The Balaban J connectivity index is 2.46.